The van der Waals surface area contributed by atoms with Gasteiger partial charge in [-0.15, -0.1) is 11.3 Å². The summed E-state index contributed by atoms with van der Waals surface area (Å²) < 4.78 is 169. The lowest BCUT2D eigenvalue weighted by Crippen LogP contribution is -2.12. The van der Waals surface area contributed by atoms with Crippen LogP contribution in [0.25, 0.3) is 80.2 Å². The van der Waals surface area contributed by atoms with Crippen LogP contribution in [0.4, 0.5) is 86.8 Å². The molecule has 3 heterocycles. The van der Waals surface area contributed by atoms with Crippen LogP contribution in [-0.2, 0) is 24.7 Å². The lowest BCUT2D eigenvalue weighted by Gasteiger charge is -2.26. The zero-order chi connectivity index (χ0) is 54.2. The second-order valence-corrected chi connectivity index (χ2v) is 20.1. The quantitative estimate of drug-likeness (QED) is 0.147. The normalized spacial score (nSPS) is 12.9. The summed E-state index contributed by atoms with van der Waals surface area (Å²) in [7, 11) is 0. The summed E-state index contributed by atoms with van der Waals surface area (Å²) in [5, 5.41) is 7.21. The van der Waals surface area contributed by atoms with Gasteiger partial charge < -0.3 is 14.2 Å². The minimum Gasteiger partial charge on any atom is -0.310 e. The Balaban J connectivity index is 1.01. The van der Waals surface area contributed by atoms with Crippen molar-refractivity contribution in [2.24, 2.45) is 0 Å². The van der Waals surface area contributed by atoms with Gasteiger partial charge in [-0.25, -0.2) is 0 Å². The van der Waals surface area contributed by atoms with Crippen molar-refractivity contribution in [1.82, 2.24) is 4.40 Å². The van der Waals surface area contributed by atoms with Crippen molar-refractivity contribution in [2.45, 2.75) is 24.7 Å². The fourth-order valence-electron chi connectivity index (χ4n) is 10.8. The summed E-state index contributed by atoms with van der Waals surface area (Å²) in [4.78, 5) is 3.22. The van der Waals surface area contributed by atoms with E-state index in [1.165, 1.54) is 59.9 Å². The SMILES string of the molecule is FC(F)(F)c1ccc(N(c2ccc(C(F)(F)F)cc2)c2ccc3c(c2)sc2cc4ccc5c(c4cc23)c2cc(-c3ccccc3)cc3c4ccc(N(c6ccc(C(F)(F)F)cc6)c6ccc(C(F)(F)F)cc6)cc4n5c32)cc1. The number of nitrogens with zero attached hydrogens (tertiary/aromatic N) is 3. The Morgan fingerprint density at radius 2 is 0.744 bits per heavy atom. The lowest BCUT2D eigenvalue weighted by molar-refractivity contribution is -0.138. The Hall–Kier alpha value is -8.76. The Morgan fingerprint density at radius 3 is 1.23 bits per heavy atom. The first-order valence-corrected chi connectivity index (χ1v) is 24.9. The summed E-state index contributed by atoms with van der Waals surface area (Å²) >= 11 is 1.49. The van der Waals surface area contributed by atoms with Crippen LogP contribution in [0.15, 0.2) is 200 Å². The molecule has 16 heteroatoms. The summed E-state index contributed by atoms with van der Waals surface area (Å²) in [6.45, 7) is 0. The molecular formula is C62H33F12N3S. The van der Waals surface area contributed by atoms with Gasteiger partial charge in [-0.2, -0.15) is 52.7 Å². The van der Waals surface area contributed by atoms with Crippen LogP contribution in [0.1, 0.15) is 22.3 Å². The number of rotatable bonds is 7. The smallest absolute Gasteiger partial charge is 0.310 e. The first-order valence-electron chi connectivity index (χ1n) is 24.1. The third kappa shape index (κ3) is 8.15. The first-order chi connectivity index (χ1) is 37.2. The van der Waals surface area contributed by atoms with Crippen molar-refractivity contribution in [3.05, 3.63) is 222 Å². The van der Waals surface area contributed by atoms with Gasteiger partial charge in [-0.1, -0.05) is 48.5 Å². The highest BCUT2D eigenvalue weighted by atomic mass is 32.1. The molecule has 3 nitrogen and oxygen atoms in total. The minimum absolute atomic E-state index is 0.282. The lowest BCUT2D eigenvalue weighted by atomic mass is 9.96. The molecule has 0 bridgehead atoms. The van der Waals surface area contributed by atoms with Crippen molar-refractivity contribution < 1.29 is 52.7 Å². The number of aromatic nitrogens is 1. The Morgan fingerprint density at radius 1 is 0.308 bits per heavy atom. The molecular weight excluding hydrogens is 1050 g/mol. The monoisotopic (exact) mass is 1080 g/mol. The van der Waals surface area contributed by atoms with Gasteiger partial charge >= 0.3 is 24.7 Å². The average molecular weight is 1080 g/mol. The third-order valence-electron chi connectivity index (χ3n) is 14.4. The minimum atomic E-state index is -4.63. The molecule has 78 heavy (non-hydrogen) atoms. The van der Waals surface area contributed by atoms with E-state index in [4.69, 9.17) is 0 Å². The van der Waals surface area contributed by atoms with Crippen molar-refractivity contribution in [3.63, 3.8) is 0 Å². The van der Waals surface area contributed by atoms with Gasteiger partial charge in [0.05, 0.1) is 38.8 Å². The Kier molecular flexibility index (Phi) is 10.9. The molecule has 13 rings (SSSR count). The van der Waals surface area contributed by atoms with Gasteiger partial charge in [0.2, 0.25) is 0 Å². The predicted molar refractivity (Wildman–Crippen MR) is 286 cm³/mol. The van der Waals surface area contributed by atoms with Gasteiger partial charge in [0.25, 0.3) is 0 Å². The number of anilines is 6. The highest BCUT2D eigenvalue weighted by Crippen LogP contribution is 2.49. The number of thiophene rings is 1. The molecule has 0 N–H and O–H groups in total. The summed E-state index contributed by atoms with van der Waals surface area (Å²) in [5.41, 5.74) is 2.95. The van der Waals surface area contributed by atoms with Gasteiger partial charge in [-0.3, -0.25) is 0 Å². The molecule has 0 aliphatic heterocycles. The van der Waals surface area contributed by atoms with E-state index in [-0.39, 0.29) is 11.4 Å². The van der Waals surface area contributed by atoms with Gasteiger partial charge in [0.15, 0.2) is 0 Å². The van der Waals surface area contributed by atoms with Crippen LogP contribution < -0.4 is 9.80 Å². The van der Waals surface area contributed by atoms with Crippen LogP contribution in [0.3, 0.4) is 0 Å². The molecule has 10 aromatic carbocycles. The molecule has 386 valence electrons. The predicted octanol–water partition coefficient (Wildman–Crippen LogP) is 21.0. The van der Waals surface area contributed by atoms with E-state index in [0.29, 0.717) is 22.7 Å². The zero-order valence-corrected chi connectivity index (χ0v) is 40.7. The van der Waals surface area contributed by atoms with E-state index in [1.807, 2.05) is 66.7 Å². The molecule has 0 amide bonds. The van der Waals surface area contributed by atoms with Gasteiger partial charge in [-0.05, 0) is 174 Å². The van der Waals surface area contributed by atoms with Crippen LogP contribution >= 0.6 is 11.3 Å². The molecule has 0 unspecified atom stereocenters. The number of fused-ring (bicyclic) bond motifs is 11. The van der Waals surface area contributed by atoms with Crippen molar-refractivity contribution >= 4 is 115 Å². The number of halogens is 12. The molecule has 0 aliphatic rings. The molecule has 0 atom stereocenters. The molecule has 0 spiro atoms. The molecule has 0 saturated heterocycles. The Labute approximate surface area is 438 Å². The maximum absolute atomic E-state index is 13.8. The Bertz CT molecular complexity index is 4350. The average Bonchev–Trinajstić information content (AvgIpc) is 4.16. The molecule has 3 aromatic heterocycles. The maximum Gasteiger partial charge on any atom is 0.416 e. The second-order valence-electron chi connectivity index (χ2n) is 19.0. The molecule has 0 saturated carbocycles. The van der Waals surface area contributed by atoms with E-state index < -0.39 is 47.0 Å². The van der Waals surface area contributed by atoms with Gasteiger partial charge in [0.1, 0.15) is 0 Å². The topological polar surface area (TPSA) is 10.9 Å². The largest absolute Gasteiger partial charge is 0.416 e. The van der Waals surface area contributed by atoms with Crippen molar-refractivity contribution in [2.75, 3.05) is 9.80 Å². The summed E-state index contributed by atoms with van der Waals surface area (Å²) in [6.07, 6.45) is -18.5. The van der Waals surface area contributed by atoms with Crippen LogP contribution in [0, 0.1) is 0 Å². The van der Waals surface area contributed by atoms with Crippen LogP contribution in [-0.4, -0.2) is 4.40 Å². The van der Waals surface area contributed by atoms with Crippen LogP contribution in [0.5, 0.6) is 0 Å². The number of benzene rings is 10. The number of alkyl halides is 12. The van der Waals surface area contributed by atoms with E-state index >= 15 is 0 Å². The zero-order valence-electron chi connectivity index (χ0n) is 39.8. The fourth-order valence-corrected chi connectivity index (χ4v) is 12.0. The third-order valence-corrected chi connectivity index (χ3v) is 15.5. The fraction of sp³-hybridized carbons (Fsp3) is 0.0645. The molecule has 13 aromatic rings. The second kappa shape index (κ2) is 17.4. The summed E-state index contributed by atoms with van der Waals surface area (Å²) in [5.74, 6) is 0. The van der Waals surface area contributed by atoms with Gasteiger partial charge in [0, 0.05) is 75.8 Å². The molecule has 0 radical (unpaired) electrons. The highest BCUT2D eigenvalue weighted by molar-refractivity contribution is 7.26. The van der Waals surface area contributed by atoms with Crippen molar-refractivity contribution in [1.29, 1.82) is 0 Å². The number of hydrogen-bond donors (Lipinski definition) is 0. The van der Waals surface area contributed by atoms with E-state index in [9.17, 15) is 52.7 Å². The molecule has 0 fully saturated rings. The maximum atomic E-state index is 13.8. The van der Waals surface area contributed by atoms with E-state index in [2.05, 4.69) is 28.7 Å². The first kappa shape index (κ1) is 48.9. The molecule has 0 aliphatic carbocycles. The highest BCUT2D eigenvalue weighted by Gasteiger charge is 2.34. The summed E-state index contributed by atoms with van der Waals surface area (Å²) in [6, 6.07) is 51.2. The van der Waals surface area contributed by atoms with E-state index in [1.54, 1.807) is 21.9 Å². The standard InChI is InChI=1S/C62H33F12N3S/c63-59(64,65)37-7-15-41(16-8-37)75(42-17-9-38(10-18-42)60(66,67)68)45-23-25-47-51-28-36(34-4-2-1-3-5-34)29-52-57-49-33-50-48-26-24-46(32-56(48)78-55(50)30-35(49)6-27-53(57)77(58(51)52)54(47)31-45)76(43-19-11-39(12-20-43)61(69,70)71)44-21-13-40(14-22-44)62(72,73)74/h1-33H. The van der Waals surface area contributed by atoms with E-state index in [0.717, 1.165) is 129 Å². The number of hydrogen-bond acceptors (Lipinski definition) is 3. The van der Waals surface area contributed by atoms with Crippen LogP contribution in [0.2, 0.25) is 0 Å². The van der Waals surface area contributed by atoms with Crippen molar-refractivity contribution in [3.8, 4) is 11.1 Å².